The quantitative estimate of drug-likeness (QED) is 0.607. The molecule has 2 aromatic carbocycles. The standard InChI is InChI=1S/C20H18N2O2/c1-2-6-18(16-7-4-3-5-8-16)13-19-21-22-20(24-19)17-11-9-15(14-23)10-12-17/h3-5,7-14H,2,6H2,1H3. The lowest BCUT2D eigenvalue weighted by molar-refractivity contribution is 0.112. The number of rotatable bonds is 6. The monoisotopic (exact) mass is 318 g/mol. The van der Waals surface area contributed by atoms with Crippen LogP contribution < -0.4 is 0 Å². The molecule has 0 aliphatic carbocycles. The van der Waals surface area contributed by atoms with Crippen LogP contribution >= 0.6 is 0 Å². The Morgan fingerprint density at radius 1 is 1.04 bits per heavy atom. The number of hydrogen-bond donors (Lipinski definition) is 0. The van der Waals surface area contributed by atoms with E-state index < -0.39 is 0 Å². The lowest BCUT2D eigenvalue weighted by atomic mass is 10.0. The SMILES string of the molecule is CCCC(=Cc1nnc(-c2ccc(C=O)cc2)o1)c1ccccc1. The van der Waals surface area contributed by atoms with Gasteiger partial charge in [-0.05, 0) is 29.7 Å². The van der Waals surface area contributed by atoms with E-state index in [1.165, 1.54) is 5.57 Å². The lowest BCUT2D eigenvalue weighted by Gasteiger charge is -2.04. The van der Waals surface area contributed by atoms with Gasteiger partial charge < -0.3 is 4.42 Å². The van der Waals surface area contributed by atoms with Gasteiger partial charge in [-0.3, -0.25) is 4.79 Å². The van der Waals surface area contributed by atoms with Crippen LogP contribution in [-0.2, 0) is 0 Å². The van der Waals surface area contributed by atoms with E-state index in [0.29, 0.717) is 17.3 Å². The zero-order valence-corrected chi connectivity index (χ0v) is 13.5. The van der Waals surface area contributed by atoms with Gasteiger partial charge in [0.25, 0.3) is 0 Å². The fourth-order valence-corrected chi connectivity index (χ4v) is 2.48. The summed E-state index contributed by atoms with van der Waals surface area (Å²) in [6.45, 7) is 2.14. The number of aldehydes is 1. The molecule has 0 amide bonds. The minimum absolute atomic E-state index is 0.447. The molecule has 0 radical (unpaired) electrons. The summed E-state index contributed by atoms with van der Waals surface area (Å²) in [6, 6.07) is 17.3. The van der Waals surface area contributed by atoms with Crippen LogP contribution in [0.2, 0.25) is 0 Å². The zero-order chi connectivity index (χ0) is 16.8. The van der Waals surface area contributed by atoms with E-state index in [1.807, 2.05) is 24.3 Å². The highest BCUT2D eigenvalue weighted by atomic mass is 16.4. The number of carbonyl (C=O) groups is 1. The van der Waals surface area contributed by atoms with E-state index in [2.05, 4.69) is 29.3 Å². The molecule has 0 saturated carbocycles. The predicted molar refractivity (Wildman–Crippen MR) is 94.3 cm³/mol. The number of hydrogen-bond acceptors (Lipinski definition) is 4. The fraction of sp³-hybridized carbons (Fsp3) is 0.150. The molecule has 4 heteroatoms. The van der Waals surface area contributed by atoms with Gasteiger partial charge in [-0.1, -0.05) is 55.8 Å². The highest BCUT2D eigenvalue weighted by molar-refractivity contribution is 5.79. The number of nitrogens with zero attached hydrogens (tertiary/aromatic N) is 2. The van der Waals surface area contributed by atoms with Gasteiger partial charge in [0, 0.05) is 17.2 Å². The van der Waals surface area contributed by atoms with Crippen molar-refractivity contribution in [2.24, 2.45) is 0 Å². The van der Waals surface area contributed by atoms with Crippen molar-refractivity contribution in [3.63, 3.8) is 0 Å². The summed E-state index contributed by atoms with van der Waals surface area (Å²) in [5, 5.41) is 8.22. The average Bonchev–Trinajstić information content (AvgIpc) is 3.11. The Labute approximate surface area is 140 Å². The Balaban J connectivity index is 1.89. The van der Waals surface area contributed by atoms with Crippen molar-refractivity contribution in [3.05, 3.63) is 71.6 Å². The summed E-state index contributed by atoms with van der Waals surface area (Å²) in [7, 11) is 0. The molecule has 3 aromatic rings. The largest absolute Gasteiger partial charge is 0.417 e. The van der Waals surface area contributed by atoms with Crippen molar-refractivity contribution in [3.8, 4) is 11.5 Å². The molecule has 0 aliphatic rings. The Morgan fingerprint density at radius 3 is 2.46 bits per heavy atom. The summed E-state index contributed by atoms with van der Waals surface area (Å²) in [5.74, 6) is 0.930. The number of aromatic nitrogens is 2. The molecule has 0 spiro atoms. The Kier molecular flexibility index (Phi) is 4.96. The molecule has 0 atom stereocenters. The Hall–Kier alpha value is -3.01. The first-order valence-electron chi connectivity index (χ1n) is 7.95. The second-order valence-corrected chi connectivity index (χ2v) is 5.47. The van der Waals surface area contributed by atoms with Crippen LogP contribution in [0.3, 0.4) is 0 Å². The molecule has 0 N–H and O–H groups in total. The minimum atomic E-state index is 0.447. The van der Waals surface area contributed by atoms with Crippen LogP contribution in [0, 0.1) is 0 Å². The van der Waals surface area contributed by atoms with Crippen LogP contribution in [-0.4, -0.2) is 16.5 Å². The topological polar surface area (TPSA) is 56.0 Å². The van der Waals surface area contributed by atoms with Gasteiger partial charge >= 0.3 is 0 Å². The van der Waals surface area contributed by atoms with Crippen LogP contribution in [0.15, 0.2) is 59.0 Å². The number of allylic oxidation sites excluding steroid dienone is 1. The molecule has 0 aliphatic heterocycles. The van der Waals surface area contributed by atoms with Crippen LogP contribution in [0.4, 0.5) is 0 Å². The first kappa shape index (κ1) is 15.9. The van der Waals surface area contributed by atoms with Crippen LogP contribution in [0.5, 0.6) is 0 Å². The summed E-state index contributed by atoms with van der Waals surface area (Å²) in [4.78, 5) is 10.7. The normalized spacial score (nSPS) is 11.5. The molecule has 0 saturated heterocycles. The van der Waals surface area contributed by atoms with Gasteiger partial charge in [-0.2, -0.15) is 0 Å². The van der Waals surface area contributed by atoms with E-state index >= 15 is 0 Å². The Morgan fingerprint density at radius 2 is 1.79 bits per heavy atom. The second-order valence-electron chi connectivity index (χ2n) is 5.47. The van der Waals surface area contributed by atoms with Crippen molar-refractivity contribution in [1.29, 1.82) is 0 Å². The third-order valence-electron chi connectivity index (χ3n) is 3.70. The maximum atomic E-state index is 10.7. The van der Waals surface area contributed by atoms with Crippen molar-refractivity contribution < 1.29 is 9.21 Å². The molecule has 1 heterocycles. The minimum Gasteiger partial charge on any atom is -0.417 e. The van der Waals surface area contributed by atoms with Gasteiger partial charge in [0.15, 0.2) is 0 Å². The van der Waals surface area contributed by atoms with E-state index in [0.717, 1.165) is 30.3 Å². The van der Waals surface area contributed by atoms with Crippen molar-refractivity contribution in [2.75, 3.05) is 0 Å². The zero-order valence-electron chi connectivity index (χ0n) is 13.5. The fourth-order valence-electron chi connectivity index (χ4n) is 2.48. The van der Waals surface area contributed by atoms with E-state index in [4.69, 9.17) is 4.42 Å². The number of carbonyl (C=O) groups excluding carboxylic acids is 1. The summed E-state index contributed by atoms with van der Waals surface area (Å²) < 4.78 is 5.75. The maximum absolute atomic E-state index is 10.7. The van der Waals surface area contributed by atoms with Crippen molar-refractivity contribution in [1.82, 2.24) is 10.2 Å². The third-order valence-corrected chi connectivity index (χ3v) is 3.70. The van der Waals surface area contributed by atoms with Gasteiger partial charge in [-0.15, -0.1) is 10.2 Å². The van der Waals surface area contributed by atoms with Crippen LogP contribution in [0.25, 0.3) is 23.1 Å². The molecule has 1 aromatic heterocycles. The van der Waals surface area contributed by atoms with Crippen LogP contribution in [0.1, 0.15) is 41.6 Å². The number of benzene rings is 2. The highest BCUT2D eigenvalue weighted by Gasteiger charge is 2.09. The summed E-state index contributed by atoms with van der Waals surface area (Å²) in [5.41, 5.74) is 3.75. The molecular weight excluding hydrogens is 300 g/mol. The van der Waals surface area contributed by atoms with E-state index in [-0.39, 0.29) is 0 Å². The summed E-state index contributed by atoms with van der Waals surface area (Å²) in [6.07, 6.45) is 4.72. The van der Waals surface area contributed by atoms with Crippen molar-refractivity contribution in [2.45, 2.75) is 19.8 Å². The molecule has 4 nitrogen and oxygen atoms in total. The second kappa shape index (κ2) is 7.51. The van der Waals surface area contributed by atoms with Gasteiger partial charge in [0.1, 0.15) is 6.29 Å². The van der Waals surface area contributed by atoms with Crippen molar-refractivity contribution >= 4 is 17.9 Å². The highest BCUT2D eigenvalue weighted by Crippen LogP contribution is 2.24. The Bertz CT molecular complexity index is 834. The van der Waals surface area contributed by atoms with E-state index in [9.17, 15) is 4.79 Å². The van der Waals surface area contributed by atoms with E-state index in [1.54, 1.807) is 24.3 Å². The molecular formula is C20H18N2O2. The predicted octanol–water partition coefficient (Wildman–Crippen LogP) is 4.89. The molecule has 24 heavy (non-hydrogen) atoms. The molecule has 120 valence electrons. The van der Waals surface area contributed by atoms with Gasteiger partial charge in [0.2, 0.25) is 11.8 Å². The maximum Gasteiger partial charge on any atom is 0.248 e. The molecule has 0 fully saturated rings. The lowest BCUT2D eigenvalue weighted by Crippen LogP contribution is -1.84. The molecule has 0 bridgehead atoms. The smallest absolute Gasteiger partial charge is 0.248 e. The summed E-state index contributed by atoms with van der Waals surface area (Å²) >= 11 is 0. The first-order chi connectivity index (χ1) is 11.8. The third kappa shape index (κ3) is 3.66. The average molecular weight is 318 g/mol. The molecule has 3 rings (SSSR count). The first-order valence-corrected chi connectivity index (χ1v) is 7.95. The van der Waals surface area contributed by atoms with Gasteiger partial charge in [0.05, 0.1) is 0 Å². The van der Waals surface area contributed by atoms with Gasteiger partial charge in [-0.25, -0.2) is 0 Å². The molecule has 0 unspecified atom stereocenters.